The molecule has 0 radical (unpaired) electrons. The quantitative estimate of drug-likeness (QED) is 0.854. The van der Waals surface area contributed by atoms with Crippen molar-refractivity contribution in [1.29, 1.82) is 0 Å². The summed E-state index contributed by atoms with van der Waals surface area (Å²) in [7, 11) is 0. The van der Waals surface area contributed by atoms with E-state index in [0.29, 0.717) is 6.54 Å². The molecule has 1 aliphatic carbocycles. The van der Waals surface area contributed by atoms with Gasteiger partial charge in [0.15, 0.2) is 0 Å². The molecule has 0 aliphatic heterocycles. The molecule has 3 N–H and O–H groups in total. The lowest BCUT2D eigenvalue weighted by atomic mass is 9.82. The monoisotopic (exact) mass is 260 g/mol. The fourth-order valence-electron chi connectivity index (χ4n) is 2.91. The second-order valence-corrected chi connectivity index (χ2v) is 5.33. The van der Waals surface area contributed by atoms with Crippen molar-refractivity contribution < 1.29 is 4.79 Å². The van der Waals surface area contributed by atoms with Crippen molar-refractivity contribution in [1.82, 2.24) is 5.32 Å². The van der Waals surface area contributed by atoms with Gasteiger partial charge in [-0.2, -0.15) is 0 Å². The highest BCUT2D eigenvalue weighted by molar-refractivity contribution is 5.84. The summed E-state index contributed by atoms with van der Waals surface area (Å²) in [6.45, 7) is 2.72. The van der Waals surface area contributed by atoms with Gasteiger partial charge in [0.05, 0.1) is 5.92 Å². The van der Waals surface area contributed by atoms with Crippen LogP contribution in [-0.2, 0) is 11.2 Å². The molecule has 1 aromatic carbocycles. The zero-order valence-electron chi connectivity index (χ0n) is 11.7. The van der Waals surface area contributed by atoms with Crippen LogP contribution in [0.2, 0.25) is 0 Å². The maximum Gasteiger partial charge on any atom is 0.227 e. The van der Waals surface area contributed by atoms with E-state index in [1.165, 1.54) is 11.1 Å². The van der Waals surface area contributed by atoms with Gasteiger partial charge in [0.25, 0.3) is 0 Å². The first-order valence-corrected chi connectivity index (χ1v) is 7.34. The number of rotatable bonds is 5. The summed E-state index contributed by atoms with van der Waals surface area (Å²) >= 11 is 0. The Bertz CT molecular complexity index is 431. The van der Waals surface area contributed by atoms with Crippen molar-refractivity contribution in [2.75, 3.05) is 6.54 Å². The molecule has 2 rings (SSSR count). The second kappa shape index (κ2) is 6.71. The Labute approximate surface area is 115 Å². The number of carbonyl (C=O) groups excluding carboxylic acids is 1. The van der Waals surface area contributed by atoms with Crippen LogP contribution in [0.4, 0.5) is 0 Å². The molecule has 3 heteroatoms. The standard InChI is InChI=1S/C16H24N2O/c1-2-13(10-11-17)18-16(19)15-9-5-7-12-6-3-4-8-14(12)15/h3-4,6,8,13,15H,2,5,7,9-11,17H2,1H3,(H,18,19). The van der Waals surface area contributed by atoms with E-state index in [0.717, 1.165) is 32.1 Å². The summed E-state index contributed by atoms with van der Waals surface area (Å²) in [5.74, 6) is 0.198. The maximum absolute atomic E-state index is 12.5. The van der Waals surface area contributed by atoms with Crippen molar-refractivity contribution in [3.63, 3.8) is 0 Å². The summed E-state index contributed by atoms with van der Waals surface area (Å²) in [5.41, 5.74) is 8.14. The predicted molar refractivity (Wildman–Crippen MR) is 78.0 cm³/mol. The SMILES string of the molecule is CCC(CCN)NC(=O)C1CCCc2ccccc21. The number of fused-ring (bicyclic) bond motifs is 1. The summed E-state index contributed by atoms with van der Waals surface area (Å²) in [6, 6.07) is 8.55. The van der Waals surface area contributed by atoms with Crippen molar-refractivity contribution in [2.45, 2.75) is 51.0 Å². The van der Waals surface area contributed by atoms with Crippen LogP contribution in [0.15, 0.2) is 24.3 Å². The molecular formula is C16H24N2O. The Kier molecular flexibility index (Phi) is 4.97. The maximum atomic E-state index is 12.5. The minimum atomic E-state index is 0.0248. The Balaban J connectivity index is 2.08. The normalized spacial score (nSPS) is 19.6. The van der Waals surface area contributed by atoms with Crippen LogP contribution in [0, 0.1) is 0 Å². The van der Waals surface area contributed by atoms with E-state index in [1.54, 1.807) is 0 Å². The van der Waals surface area contributed by atoms with E-state index in [9.17, 15) is 4.79 Å². The molecule has 19 heavy (non-hydrogen) atoms. The van der Waals surface area contributed by atoms with Crippen LogP contribution < -0.4 is 11.1 Å². The van der Waals surface area contributed by atoms with E-state index < -0.39 is 0 Å². The lowest BCUT2D eigenvalue weighted by molar-refractivity contribution is -0.123. The van der Waals surface area contributed by atoms with Gasteiger partial charge in [0, 0.05) is 6.04 Å². The number of carbonyl (C=O) groups is 1. The summed E-state index contributed by atoms with van der Waals surface area (Å²) in [5, 5.41) is 3.16. The Hall–Kier alpha value is -1.35. The molecule has 0 spiro atoms. The average molecular weight is 260 g/mol. The third kappa shape index (κ3) is 3.35. The van der Waals surface area contributed by atoms with Crippen molar-refractivity contribution >= 4 is 5.91 Å². The highest BCUT2D eigenvalue weighted by Crippen LogP contribution is 2.31. The number of hydrogen-bond donors (Lipinski definition) is 2. The van der Waals surface area contributed by atoms with Crippen LogP contribution in [-0.4, -0.2) is 18.5 Å². The molecule has 1 aliphatic rings. The smallest absolute Gasteiger partial charge is 0.227 e. The van der Waals surface area contributed by atoms with Crippen LogP contribution in [0.5, 0.6) is 0 Å². The minimum Gasteiger partial charge on any atom is -0.353 e. The van der Waals surface area contributed by atoms with Crippen molar-refractivity contribution in [3.05, 3.63) is 35.4 Å². The van der Waals surface area contributed by atoms with Crippen LogP contribution in [0.25, 0.3) is 0 Å². The van der Waals surface area contributed by atoms with Gasteiger partial charge in [-0.3, -0.25) is 4.79 Å². The summed E-state index contributed by atoms with van der Waals surface area (Å²) in [6.07, 6.45) is 4.96. The lowest BCUT2D eigenvalue weighted by Crippen LogP contribution is -2.39. The molecule has 0 fully saturated rings. The van der Waals surface area contributed by atoms with Gasteiger partial charge in [0.1, 0.15) is 0 Å². The molecular weight excluding hydrogens is 236 g/mol. The topological polar surface area (TPSA) is 55.1 Å². The van der Waals surface area contributed by atoms with Gasteiger partial charge in [-0.1, -0.05) is 31.2 Å². The molecule has 0 bridgehead atoms. The third-order valence-electron chi connectivity index (χ3n) is 4.04. The molecule has 3 nitrogen and oxygen atoms in total. The molecule has 0 heterocycles. The number of aryl methyl sites for hydroxylation is 1. The van der Waals surface area contributed by atoms with Gasteiger partial charge in [0.2, 0.25) is 5.91 Å². The van der Waals surface area contributed by atoms with E-state index in [-0.39, 0.29) is 17.9 Å². The molecule has 1 aromatic rings. The largest absolute Gasteiger partial charge is 0.353 e. The number of nitrogens with one attached hydrogen (secondary N) is 1. The van der Waals surface area contributed by atoms with Crippen LogP contribution in [0.1, 0.15) is 49.7 Å². The van der Waals surface area contributed by atoms with Crippen molar-refractivity contribution in [2.24, 2.45) is 5.73 Å². The zero-order chi connectivity index (χ0) is 13.7. The number of nitrogens with two attached hydrogens (primary N) is 1. The van der Waals surface area contributed by atoms with Crippen molar-refractivity contribution in [3.8, 4) is 0 Å². The first-order chi connectivity index (χ1) is 9.26. The van der Waals surface area contributed by atoms with Gasteiger partial charge in [-0.25, -0.2) is 0 Å². The molecule has 0 saturated heterocycles. The fourth-order valence-corrected chi connectivity index (χ4v) is 2.91. The highest BCUT2D eigenvalue weighted by Gasteiger charge is 2.27. The van der Waals surface area contributed by atoms with Gasteiger partial charge in [-0.15, -0.1) is 0 Å². The Morgan fingerprint density at radius 2 is 2.26 bits per heavy atom. The number of amides is 1. The van der Waals surface area contributed by atoms with Crippen LogP contribution in [0.3, 0.4) is 0 Å². The Morgan fingerprint density at radius 1 is 1.47 bits per heavy atom. The zero-order valence-corrected chi connectivity index (χ0v) is 11.7. The van der Waals surface area contributed by atoms with Gasteiger partial charge >= 0.3 is 0 Å². The van der Waals surface area contributed by atoms with E-state index in [2.05, 4.69) is 30.4 Å². The molecule has 2 unspecified atom stereocenters. The van der Waals surface area contributed by atoms with Gasteiger partial charge in [-0.05, 0) is 49.8 Å². The fraction of sp³-hybridized carbons (Fsp3) is 0.562. The first kappa shape index (κ1) is 14.1. The van der Waals surface area contributed by atoms with E-state index in [1.807, 2.05) is 6.07 Å². The third-order valence-corrected chi connectivity index (χ3v) is 4.04. The minimum absolute atomic E-state index is 0.0248. The lowest BCUT2D eigenvalue weighted by Gasteiger charge is -2.26. The number of benzene rings is 1. The molecule has 1 amide bonds. The molecule has 0 saturated carbocycles. The molecule has 2 atom stereocenters. The molecule has 104 valence electrons. The van der Waals surface area contributed by atoms with Crippen LogP contribution >= 0.6 is 0 Å². The van der Waals surface area contributed by atoms with E-state index in [4.69, 9.17) is 5.73 Å². The first-order valence-electron chi connectivity index (χ1n) is 7.34. The number of hydrogen-bond acceptors (Lipinski definition) is 2. The predicted octanol–water partition coefficient (Wildman–Crippen LogP) is 2.35. The summed E-state index contributed by atoms with van der Waals surface area (Å²) < 4.78 is 0. The summed E-state index contributed by atoms with van der Waals surface area (Å²) in [4.78, 5) is 12.5. The average Bonchev–Trinajstić information content (AvgIpc) is 2.46. The molecule has 0 aromatic heterocycles. The second-order valence-electron chi connectivity index (χ2n) is 5.33. The highest BCUT2D eigenvalue weighted by atomic mass is 16.1. The van der Waals surface area contributed by atoms with E-state index >= 15 is 0 Å². The van der Waals surface area contributed by atoms with Gasteiger partial charge < -0.3 is 11.1 Å². The Morgan fingerprint density at radius 3 is 3.00 bits per heavy atom.